The molecule has 0 spiro atoms. The number of aliphatic imine (C=N–C) groups is 1. The number of hydrogen-bond donors (Lipinski definition) is 2. The number of furan rings is 1. The van der Waals surface area contributed by atoms with Gasteiger partial charge in [-0.1, -0.05) is 12.1 Å². The fourth-order valence-corrected chi connectivity index (χ4v) is 1.55. The summed E-state index contributed by atoms with van der Waals surface area (Å²) >= 11 is 0. The van der Waals surface area contributed by atoms with Gasteiger partial charge in [-0.3, -0.25) is 0 Å². The van der Waals surface area contributed by atoms with Crippen molar-refractivity contribution in [1.82, 2.24) is 0 Å². The topological polar surface area (TPSA) is 86.8 Å². The van der Waals surface area contributed by atoms with Crippen LogP contribution in [0, 0.1) is 0 Å². The zero-order chi connectivity index (χ0) is 12.3. The number of para-hydroxylation sites is 1. The normalized spacial score (nSPS) is 12.3. The smallest absolute Gasteiger partial charge is 0.186 e. The van der Waals surface area contributed by atoms with E-state index in [0.717, 1.165) is 11.0 Å². The third-order valence-electron chi connectivity index (χ3n) is 2.30. The first-order valence-corrected chi connectivity index (χ1v) is 5.35. The fourth-order valence-electron chi connectivity index (χ4n) is 1.55. The first-order chi connectivity index (χ1) is 8.16. The summed E-state index contributed by atoms with van der Waals surface area (Å²) in [5.74, 6) is 0.766. The molecule has 17 heavy (non-hydrogen) atoms. The summed E-state index contributed by atoms with van der Waals surface area (Å²) in [5.41, 5.74) is 11.3. The number of ether oxygens (including phenoxy) is 1. The van der Waals surface area contributed by atoms with Crippen LogP contribution in [0.3, 0.4) is 0 Å². The monoisotopic (exact) mass is 233 g/mol. The lowest BCUT2D eigenvalue weighted by Crippen LogP contribution is -2.26. The zero-order valence-corrected chi connectivity index (χ0v) is 9.59. The van der Waals surface area contributed by atoms with Gasteiger partial charge in [-0.2, -0.15) is 0 Å². The lowest BCUT2D eigenvalue weighted by atomic mass is 10.2. The van der Waals surface area contributed by atoms with E-state index < -0.39 is 0 Å². The molecule has 0 saturated heterocycles. The molecule has 90 valence electrons. The molecule has 0 aliphatic heterocycles. The summed E-state index contributed by atoms with van der Waals surface area (Å²) in [5, 5.41) is 1.01. The van der Waals surface area contributed by atoms with Gasteiger partial charge >= 0.3 is 0 Å². The minimum Gasteiger partial charge on any atom is -0.485 e. The van der Waals surface area contributed by atoms with Crippen LogP contribution in [0.2, 0.25) is 0 Å². The molecule has 4 N–H and O–H groups in total. The summed E-state index contributed by atoms with van der Waals surface area (Å²) in [4.78, 5) is 3.90. The van der Waals surface area contributed by atoms with Gasteiger partial charge in [0.25, 0.3) is 0 Å². The van der Waals surface area contributed by atoms with Crippen LogP contribution in [-0.4, -0.2) is 18.6 Å². The lowest BCUT2D eigenvalue weighted by Gasteiger charge is -2.12. The molecule has 0 saturated carbocycles. The molecule has 0 radical (unpaired) electrons. The van der Waals surface area contributed by atoms with Crippen LogP contribution in [0.25, 0.3) is 11.0 Å². The van der Waals surface area contributed by atoms with Crippen molar-refractivity contribution >= 4 is 16.9 Å². The first-order valence-electron chi connectivity index (χ1n) is 5.35. The second-order valence-corrected chi connectivity index (χ2v) is 3.79. The van der Waals surface area contributed by atoms with Crippen LogP contribution < -0.4 is 16.2 Å². The van der Waals surface area contributed by atoms with Crippen molar-refractivity contribution in [3.8, 4) is 5.75 Å². The highest BCUT2D eigenvalue weighted by atomic mass is 16.5. The van der Waals surface area contributed by atoms with Gasteiger partial charge in [-0.25, -0.2) is 4.99 Å². The van der Waals surface area contributed by atoms with E-state index in [2.05, 4.69) is 4.99 Å². The summed E-state index contributed by atoms with van der Waals surface area (Å²) < 4.78 is 11.1. The van der Waals surface area contributed by atoms with Crippen LogP contribution in [0.5, 0.6) is 5.75 Å². The van der Waals surface area contributed by atoms with Gasteiger partial charge in [0.2, 0.25) is 0 Å². The van der Waals surface area contributed by atoms with Crippen molar-refractivity contribution < 1.29 is 9.15 Å². The zero-order valence-electron chi connectivity index (χ0n) is 9.59. The molecule has 0 fully saturated rings. The van der Waals surface area contributed by atoms with E-state index in [1.807, 2.05) is 31.2 Å². The van der Waals surface area contributed by atoms with Crippen LogP contribution in [-0.2, 0) is 0 Å². The molecular weight excluding hydrogens is 218 g/mol. The molecule has 1 atom stereocenters. The highest BCUT2D eigenvalue weighted by molar-refractivity contribution is 5.82. The Balaban J connectivity index is 2.12. The second kappa shape index (κ2) is 4.78. The molecule has 1 aromatic carbocycles. The molecule has 0 aliphatic rings. The van der Waals surface area contributed by atoms with E-state index in [1.165, 1.54) is 0 Å². The first kappa shape index (κ1) is 11.3. The third-order valence-corrected chi connectivity index (χ3v) is 2.30. The maximum Gasteiger partial charge on any atom is 0.186 e. The second-order valence-electron chi connectivity index (χ2n) is 3.79. The summed E-state index contributed by atoms with van der Waals surface area (Å²) in [6.07, 6.45) is 1.52. The standard InChI is InChI=1S/C12H15N3O2/c1-8(7-15-12(13)14)17-10-4-2-3-9-5-6-16-11(9)10/h2-6,8H,7H2,1H3,(H4,13,14,15). The van der Waals surface area contributed by atoms with E-state index in [9.17, 15) is 0 Å². The van der Waals surface area contributed by atoms with Crippen molar-refractivity contribution in [2.24, 2.45) is 16.5 Å². The third kappa shape index (κ3) is 2.69. The lowest BCUT2D eigenvalue weighted by molar-refractivity contribution is 0.230. The molecule has 1 unspecified atom stereocenters. The van der Waals surface area contributed by atoms with E-state index in [0.29, 0.717) is 12.3 Å². The summed E-state index contributed by atoms with van der Waals surface area (Å²) in [7, 11) is 0. The van der Waals surface area contributed by atoms with Crippen molar-refractivity contribution in [3.63, 3.8) is 0 Å². The van der Waals surface area contributed by atoms with E-state index >= 15 is 0 Å². The molecule has 0 aliphatic carbocycles. The van der Waals surface area contributed by atoms with Gasteiger partial charge in [-0.05, 0) is 19.1 Å². The Morgan fingerprint density at radius 3 is 3.00 bits per heavy atom. The van der Waals surface area contributed by atoms with Gasteiger partial charge in [0.15, 0.2) is 17.3 Å². The Morgan fingerprint density at radius 2 is 2.24 bits per heavy atom. The molecule has 0 amide bonds. The van der Waals surface area contributed by atoms with Crippen LogP contribution in [0.1, 0.15) is 6.92 Å². The predicted octanol–water partition coefficient (Wildman–Crippen LogP) is 1.47. The summed E-state index contributed by atoms with van der Waals surface area (Å²) in [6.45, 7) is 2.31. The average Bonchev–Trinajstić information content (AvgIpc) is 2.75. The van der Waals surface area contributed by atoms with E-state index in [4.69, 9.17) is 20.6 Å². The summed E-state index contributed by atoms with van der Waals surface area (Å²) in [6, 6.07) is 7.63. The van der Waals surface area contributed by atoms with Crippen molar-refractivity contribution in [3.05, 3.63) is 30.5 Å². The highest BCUT2D eigenvalue weighted by Gasteiger charge is 2.08. The van der Waals surface area contributed by atoms with Gasteiger partial charge in [0.1, 0.15) is 6.10 Å². The maximum atomic E-state index is 5.72. The van der Waals surface area contributed by atoms with E-state index in [1.54, 1.807) is 6.26 Å². The van der Waals surface area contributed by atoms with Crippen LogP contribution in [0.4, 0.5) is 0 Å². The van der Waals surface area contributed by atoms with Gasteiger partial charge in [-0.15, -0.1) is 0 Å². The van der Waals surface area contributed by atoms with Crippen LogP contribution >= 0.6 is 0 Å². The van der Waals surface area contributed by atoms with E-state index in [-0.39, 0.29) is 12.1 Å². The number of nitrogens with two attached hydrogens (primary N) is 2. The van der Waals surface area contributed by atoms with Crippen molar-refractivity contribution in [1.29, 1.82) is 0 Å². The SMILES string of the molecule is CC(CN=C(N)N)Oc1cccc2ccoc12. The molecule has 5 nitrogen and oxygen atoms in total. The quantitative estimate of drug-likeness (QED) is 0.618. The molecule has 5 heteroatoms. The minimum absolute atomic E-state index is 0.0663. The number of hydrogen-bond acceptors (Lipinski definition) is 3. The maximum absolute atomic E-state index is 5.72. The predicted molar refractivity (Wildman–Crippen MR) is 67.0 cm³/mol. The fraction of sp³-hybridized carbons (Fsp3) is 0.250. The minimum atomic E-state index is -0.118. The van der Waals surface area contributed by atoms with Gasteiger partial charge < -0.3 is 20.6 Å². The molecule has 2 aromatic rings. The van der Waals surface area contributed by atoms with Gasteiger partial charge in [0, 0.05) is 5.39 Å². The molecule has 0 bridgehead atoms. The number of guanidine groups is 1. The van der Waals surface area contributed by atoms with Gasteiger partial charge in [0.05, 0.1) is 12.8 Å². The number of benzene rings is 1. The Labute approximate surface area is 99.1 Å². The number of rotatable bonds is 4. The van der Waals surface area contributed by atoms with Crippen molar-refractivity contribution in [2.45, 2.75) is 13.0 Å². The molecular formula is C12H15N3O2. The Morgan fingerprint density at radius 1 is 1.41 bits per heavy atom. The van der Waals surface area contributed by atoms with Crippen molar-refractivity contribution in [2.75, 3.05) is 6.54 Å². The Bertz CT molecular complexity index is 529. The largest absolute Gasteiger partial charge is 0.485 e. The molecule has 2 rings (SSSR count). The highest BCUT2D eigenvalue weighted by Crippen LogP contribution is 2.26. The number of fused-ring (bicyclic) bond motifs is 1. The molecule has 1 aromatic heterocycles. The van der Waals surface area contributed by atoms with Crippen LogP contribution in [0.15, 0.2) is 39.9 Å². The molecule has 1 heterocycles. The number of nitrogens with zero attached hydrogens (tertiary/aromatic N) is 1. The Kier molecular flexibility index (Phi) is 3.18. The average molecular weight is 233 g/mol. The Hall–Kier alpha value is -2.17.